The summed E-state index contributed by atoms with van der Waals surface area (Å²) in [5, 5.41) is 1.17. The van der Waals surface area contributed by atoms with Crippen molar-refractivity contribution in [1.82, 2.24) is 0 Å². The number of halogens is 2. The molecule has 0 fully saturated rings. The van der Waals surface area contributed by atoms with E-state index in [1.54, 1.807) is 0 Å². The third-order valence-electron chi connectivity index (χ3n) is 3.03. The molecule has 0 bridgehead atoms. The van der Waals surface area contributed by atoms with Gasteiger partial charge < -0.3 is 4.74 Å². The highest BCUT2D eigenvalue weighted by Gasteiger charge is 2.11. The highest BCUT2D eigenvalue weighted by atomic mass is 35.5. The number of hydrogen-bond acceptors (Lipinski definition) is 1. The van der Waals surface area contributed by atoms with Crippen molar-refractivity contribution in [2.75, 3.05) is 0 Å². The highest BCUT2D eigenvalue weighted by Crippen LogP contribution is 2.36. The standard InChI is InChI=1S/C18H16Cl2O/c1-3-7-13-9-5-11-15(17(13)19)21-16-12-6-10-14(8-4-2)18(16)20/h3-6,9-12H,1-2,7-8H2. The molecule has 2 aromatic rings. The zero-order valence-electron chi connectivity index (χ0n) is 11.6. The molecule has 0 N–H and O–H groups in total. The van der Waals surface area contributed by atoms with Gasteiger partial charge in [0.2, 0.25) is 0 Å². The van der Waals surface area contributed by atoms with Gasteiger partial charge in [0.05, 0.1) is 10.0 Å². The van der Waals surface area contributed by atoms with Gasteiger partial charge in [-0.2, -0.15) is 0 Å². The summed E-state index contributed by atoms with van der Waals surface area (Å²) >= 11 is 12.7. The molecule has 3 heteroatoms. The second kappa shape index (κ2) is 7.35. The smallest absolute Gasteiger partial charge is 0.146 e. The van der Waals surface area contributed by atoms with Crippen LogP contribution in [-0.4, -0.2) is 0 Å². The van der Waals surface area contributed by atoms with Gasteiger partial charge in [0.15, 0.2) is 0 Å². The molecule has 0 unspecified atom stereocenters. The van der Waals surface area contributed by atoms with Crippen LogP contribution in [0.2, 0.25) is 10.0 Å². The second-order valence-electron chi connectivity index (χ2n) is 4.55. The number of rotatable bonds is 6. The first kappa shape index (κ1) is 15.7. The van der Waals surface area contributed by atoms with Gasteiger partial charge in [-0.25, -0.2) is 0 Å². The Morgan fingerprint density at radius 1 is 0.810 bits per heavy atom. The van der Waals surface area contributed by atoms with Crippen molar-refractivity contribution in [2.45, 2.75) is 12.8 Å². The van der Waals surface area contributed by atoms with Gasteiger partial charge in [-0.05, 0) is 36.1 Å². The first-order valence-electron chi connectivity index (χ1n) is 6.61. The maximum atomic E-state index is 6.36. The molecule has 0 heterocycles. The Balaban J connectivity index is 2.34. The lowest BCUT2D eigenvalue weighted by atomic mass is 10.1. The Kier molecular flexibility index (Phi) is 5.49. The van der Waals surface area contributed by atoms with Crippen LogP contribution >= 0.6 is 23.2 Å². The van der Waals surface area contributed by atoms with Crippen molar-refractivity contribution in [3.05, 3.63) is 82.9 Å². The molecule has 108 valence electrons. The third-order valence-corrected chi connectivity index (χ3v) is 3.89. The summed E-state index contributed by atoms with van der Waals surface area (Å²) in [6, 6.07) is 11.4. The fourth-order valence-electron chi connectivity index (χ4n) is 2.01. The van der Waals surface area contributed by atoms with Gasteiger partial charge in [0, 0.05) is 0 Å². The van der Waals surface area contributed by atoms with Crippen LogP contribution < -0.4 is 4.74 Å². The van der Waals surface area contributed by atoms with Crippen molar-refractivity contribution < 1.29 is 4.74 Å². The van der Waals surface area contributed by atoms with E-state index in [1.807, 2.05) is 48.6 Å². The van der Waals surface area contributed by atoms with Gasteiger partial charge in [0.1, 0.15) is 11.5 Å². The molecule has 0 saturated heterocycles. The normalized spacial score (nSPS) is 10.2. The number of benzene rings is 2. The van der Waals surface area contributed by atoms with E-state index in [-0.39, 0.29) is 0 Å². The largest absolute Gasteiger partial charge is 0.454 e. The van der Waals surface area contributed by atoms with Crippen molar-refractivity contribution in [2.24, 2.45) is 0 Å². The predicted molar refractivity (Wildman–Crippen MR) is 90.8 cm³/mol. The van der Waals surface area contributed by atoms with E-state index in [2.05, 4.69) is 13.2 Å². The van der Waals surface area contributed by atoms with E-state index >= 15 is 0 Å². The average molecular weight is 319 g/mol. The highest BCUT2D eigenvalue weighted by molar-refractivity contribution is 6.33. The van der Waals surface area contributed by atoms with E-state index in [1.165, 1.54) is 0 Å². The van der Waals surface area contributed by atoms with Crippen LogP contribution in [0.1, 0.15) is 11.1 Å². The SMILES string of the molecule is C=CCc1cccc(Oc2cccc(CC=C)c2Cl)c1Cl. The summed E-state index contributed by atoms with van der Waals surface area (Å²) in [6.45, 7) is 7.45. The van der Waals surface area contributed by atoms with Crippen molar-refractivity contribution >= 4 is 23.2 Å². The number of hydrogen-bond donors (Lipinski definition) is 0. The Morgan fingerprint density at radius 3 is 1.62 bits per heavy atom. The topological polar surface area (TPSA) is 9.23 Å². The maximum Gasteiger partial charge on any atom is 0.146 e. The minimum atomic E-state index is 0.586. The Hall–Kier alpha value is -1.70. The Labute approximate surface area is 135 Å². The van der Waals surface area contributed by atoms with Gasteiger partial charge in [0.25, 0.3) is 0 Å². The monoisotopic (exact) mass is 318 g/mol. The second-order valence-corrected chi connectivity index (χ2v) is 5.30. The average Bonchev–Trinajstić information content (AvgIpc) is 2.48. The minimum absolute atomic E-state index is 0.586. The van der Waals surface area contributed by atoms with E-state index in [0.717, 1.165) is 11.1 Å². The van der Waals surface area contributed by atoms with Crippen molar-refractivity contribution in [1.29, 1.82) is 0 Å². The van der Waals surface area contributed by atoms with E-state index in [9.17, 15) is 0 Å². The van der Waals surface area contributed by atoms with Crippen LogP contribution in [0.4, 0.5) is 0 Å². The fraction of sp³-hybridized carbons (Fsp3) is 0.111. The van der Waals surface area contributed by atoms with Gasteiger partial charge in [-0.15, -0.1) is 13.2 Å². The molecule has 0 atom stereocenters. The summed E-state index contributed by atoms with van der Waals surface area (Å²) in [5.74, 6) is 1.18. The fourth-order valence-corrected chi connectivity index (χ4v) is 2.50. The molecule has 0 aliphatic rings. The molecule has 2 aromatic carbocycles. The van der Waals surface area contributed by atoms with Gasteiger partial charge >= 0.3 is 0 Å². The minimum Gasteiger partial charge on any atom is -0.454 e. The summed E-state index contributed by atoms with van der Waals surface area (Å²) in [4.78, 5) is 0. The van der Waals surface area contributed by atoms with E-state index in [0.29, 0.717) is 34.4 Å². The zero-order chi connectivity index (χ0) is 15.2. The first-order chi connectivity index (χ1) is 10.2. The molecular formula is C18H16Cl2O. The van der Waals surface area contributed by atoms with Crippen LogP contribution in [-0.2, 0) is 12.8 Å². The summed E-state index contributed by atoms with van der Waals surface area (Å²) in [7, 11) is 0. The summed E-state index contributed by atoms with van der Waals surface area (Å²) in [5.41, 5.74) is 1.95. The third kappa shape index (κ3) is 3.69. The van der Waals surface area contributed by atoms with Crippen LogP contribution in [0.5, 0.6) is 11.5 Å². The molecule has 1 nitrogen and oxygen atoms in total. The molecule has 0 amide bonds. The lowest BCUT2D eigenvalue weighted by molar-refractivity contribution is 0.482. The van der Waals surface area contributed by atoms with Gasteiger partial charge in [-0.3, -0.25) is 0 Å². The number of ether oxygens (including phenoxy) is 1. The Bertz CT molecular complexity index is 605. The maximum absolute atomic E-state index is 6.36. The molecule has 0 aliphatic heterocycles. The van der Waals surface area contributed by atoms with Crippen LogP contribution in [0, 0.1) is 0 Å². The molecule has 0 spiro atoms. The molecule has 0 aliphatic carbocycles. The van der Waals surface area contributed by atoms with Gasteiger partial charge in [-0.1, -0.05) is 59.6 Å². The molecule has 2 rings (SSSR count). The zero-order valence-corrected chi connectivity index (χ0v) is 13.1. The molecule has 0 aromatic heterocycles. The lowest BCUT2D eigenvalue weighted by Gasteiger charge is -2.13. The predicted octanol–water partition coefficient (Wildman–Crippen LogP) is 6.24. The van der Waals surface area contributed by atoms with E-state index in [4.69, 9.17) is 27.9 Å². The van der Waals surface area contributed by atoms with Crippen LogP contribution in [0.3, 0.4) is 0 Å². The van der Waals surface area contributed by atoms with E-state index < -0.39 is 0 Å². The summed E-state index contributed by atoms with van der Waals surface area (Å²) in [6.07, 6.45) is 5.01. The molecule has 0 radical (unpaired) electrons. The van der Waals surface area contributed by atoms with Crippen molar-refractivity contribution in [3.63, 3.8) is 0 Å². The van der Waals surface area contributed by atoms with Crippen LogP contribution in [0.25, 0.3) is 0 Å². The summed E-state index contributed by atoms with van der Waals surface area (Å²) < 4.78 is 5.88. The van der Waals surface area contributed by atoms with Crippen LogP contribution in [0.15, 0.2) is 61.7 Å². The lowest BCUT2D eigenvalue weighted by Crippen LogP contribution is -1.92. The van der Waals surface area contributed by atoms with Crippen molar-refractivity contribution in [3.8, 4) is 11.5 Å². The molecular weight excluding hydrogens is 303 g/mol. The molecule has 0 saturated carbocycles. The number of allylic oxidation sites excluding steroid dienone is 2. The molecule has 21 heavy (non-hydrogen) atoms. The first-order valence-corrected chi connectivity index (χ1v) is 7.37. The quantitative estimate of drug-likeness (QED) is 0.572. The Morgan fingerprint density at radius 2 is 1.24 bits per heavy atom.